The van der Waals surface area contributed by atoms with Crippen LogP contribution in [0.3, 0.4) is 0 Å². The summed E-state index contributed by atoms with van der Waals surface area (Å²) in [4.78, 5) is 1.71. The second-order valence-electron chi connectivity index (χ2n) is 3.21. The number of nitriles is 1. The number of para-hydroxylation sites is 1. The molecule has 1 aromatic rings. The van der Waals surface area contributed by atoms with E-state index < -0.39 is 0 Å². The Balaban J connectivity index is 2.85. The van der Waals surface area contributed by atoms with Crippen LogP contribution in [0.2, 0.25) is 0 Å². The second-order valence-corrected chi connectivity index (χ2v) is 3.55. The van der Waals surface area contributed by atoms with Gasteiger partial charge >= 0.3 is 0 Å². The lowest BCUT2D eigenvalue weighted by Crippen LogP contribution is -2.25. The highest BCUT2D eigenvalue weighted by molar-refractivity contribution is 7.80. The first-order chi connectivity index (χ1) is 7.15. The van der Waals surface area contributed by atoms with Crippen molar-refractivity contribution in [3.63, 3.8) is 0 Å². The molecular weight excluding hydrogens is 208 g/mol. The van der Waals surface area contributed by atoms with Crippen molar-refractivity contribution >= 4 is 17.4 Å². The summed E-state index contributed by atoms with van der Waals surface area (Å²) in [6.07, 6.45) is 0.326. The van der Waals surface area contributed by atoms with E-state index in [0.717, 1.165) is 5.56 Å². The fourth-order valence-corrected chi connectivity index (χ4v) is 1.11. The quantitative estimate of drug-likeness (QED) is 0.714. The van der Waals surface area contributed by atoms with Crippen LogP contribution in [0.15, 0.2) is 24.3 Å². The highest BCUT2D eigenvalue weighted by atomic mass is 32.1. The van der Waals surface area contributed by atoms with Gasteiger partial charge < -0.3 is 9.64 Å². The average Bonchev–Trinajstić information content (AvgIpc) is 2.21. The number of thiocarbonyl (C=S) groups is 1. The number of hydrogen-bond acceptors (Lipinski definition) is 3. The first-order valence-electron chi connectivity index (χ1n) is 4.49. The van der Waals surface area contributed by atoms with Gasteiger partial charge in [-0.15, -0.1) is 0 Å². The van der Waals surface area contributed by atoms with E-state index in [2.05, 4.69) is 6.07 Å². The molecule has 0 N–H and O–H groups in total. The van der Waals surface area contributed by atoms with Gasteiger partial charge in [0.2, 0.25) is 0 Å². The van der Waals surface area contributed by atoms with Crippen molar-refractivity contribution in [1.82, 2.24) is 4.90 Å². The van der Waals surface area contributed by atoms with E-state index in [1.807, 2.05) is 38.4 Å². The Labute approximate surface area is 94.9 Å². The van der Waals surface area contributed by atoms with Crippen LogP contribution >= 0.6 is 12.2 Å². The Morgan fingerprint density at radius 2 is 2.13 bits per heavy atom. The summed E-state index contributed by atoms with van der Waals surface area (Å²) < 4.78 is 5.47. The molecule has 0 aliphatic rings. The van der Waals surface area contributed by atoms with Crippen molar-refractivity contribution in [3.8, 4) is 11.8 Å². The van der Waals surface area contributed by atoms with Crippen molar-refractivity contribution in [2.45, 2.75) is 6.42 Å². The van der Waals surface area contributed by atoms with Gasteiger partial charge in [-0.25, -0.2) is 0 Å². The van der Waals surface area contributed by atoms with E-state index in [9.17, 15) is 0 Å². The van der Waals surface area contributed by atoms with Gasteiger partial charge in [0.1, 0.15) is 5.75 Å². The molecule has 3 nitrogen and oxygen atoms in total. The summed E-state index contributed by atoms with van der Waals surface area (Å²) in [5.74, 6) is 0.651. The third-order valence-corrected chi connectivity index (χ3v) is 2.25. The molecule has 0 aliphatic carbocycles. The average molecular weight is 220 g/mol. The minimum Gasteiger partial charge on any atom is -0.431 e. The summed E-state index contributed by atoms with van der Waals surface area (Å²) >= 11 is 5.02. The third kappa shape index (κ3) is 3.22. The molecular formula is C11H12N2OS. The number of benzene rings is 1. The van der Waals surface area contributed by atoms with Crippen molar-refractivity contribution in [1.29, 1.82) is 5.26 Å². The highest BCUT2D eigenvalue weighted by Gasteiger charge is 2.06. The number of ether oxygens (including phenoxy) is 1. The summed E-state index contributed by atoms with van der Waals surface area (Å²) in [6, 6.07) is 9.48. The zero-order chi connectivity index (χ0) is 11.3. The molecule has 0 atom stereocenters. The van der Waals surface area contributed by atoms with Gasteiger partial charge in [-0.1, -0.05) is 18.2 Å². The van der Waals surface area contributed by atoms with E-state index in [1.54, 1.807) is 4.90 Å². The topological polar surface area (TPSA) is 36.3 Å². The molecule has 0 aliphatic heterocycles. The zero-order valence-electron chi connectivity index (χ0n) is 8.73. The minimum absolute atomic E-state index is 0.326. The lowest BCUT2D eigenvalue weighted by atomic mass is 10.1. The molecule has 0 radical (unpaired) electrons. The number of nitrogens with zero attached hydrogens (tertiary/aromatic N) is 2. The summed E-state index contributed by atoms with van der Waals surface area (Å²) in [5, 5.41) is 9.03. The molecule has 1 aromatic carbocycles. The van der Waals surface area contributed by atoms with Crippen LogP contribution in [0.25, 0.3) is 0 Å². The molecule has 0 saturated heterocycles. The molecule has 0 amide bonds. The van der Waals surface area contributed by atoms with Crippen molar-refractivity contribution < 1.29 is 4.74 Å². The predicted octanol–water partition coefficient (Wildman–Crippen LogP) is 1.98. The Kier molecular flexibility index (Phi) is 4.07. The molecule has 0 unspecified atom stereocenters. The van der Waals surface area contributed by atoms with Crippen molar-refractivity contribution in [3.05, 3.63) is 29.8 Å². The maximum atomic E-state index is 8.64. The number of rotatable bonds is 2. The smallest absolute Gasteiger partial charge is 0.264 e. The Hall–Kier alpha value is -1.60. The van der Waals surface area contributed by atoms with Crippen LogP contribution in [0.1, 0.15) is 5.56 Å². The summed E-state index contributed by atoms with van der Waals surface area (Å²) in [7, 11) is 3.63. The fraction of sp³-hybridized carbons (Fsp3) is 0.273. The molecule has 78 valence electrons. The van der Waals surface area contributed by atoms with Crippen LogP contribution in [-0.2, 0) is 6.42 Å². The summed E-state index contributed by atoms with van der Waals surface area (Å²) in [5.41, 5.74) is 0.851. The van der Waals surface area contributed by atoms with Gasteiger partial charge in [-0.3, -0.25) is 0 Å². The molecule has 0 heterocycles. The van der Waals surface area contributed by atoms with Gasteiger partial charge in [0.25, 0.3) is 5.17 Å². The first kappa shape index (κ1) is 11.5. The molecule has 0 saturated carbocycles. The van der Waals surface area contributed by atoms with Gasteiger partial charge in [0, 0.05) is 19.7 Å². The van der Waals surface area contributed by atoms with Crippen LogP contribution < -0.4 is 4.74 Å². The molecule has 15 heavy (non-hydrogen) atoms. The van der Waals surface area contributed by atoms with Crippen LogP contribution in [0.5, 0.6) is 5.75 Å². The minimum atomic E-state index is 0.326. The van der Waals surface area contributed by atoms with Gasteiger partial charge in [0.15, 0.2) is 0 Å². The Morgan fingerprint density at radius 3 is 2.73 bits per heavy atom. The largest absolute Gasteiger partial charge is 0.431 e. The SMILES string of the molecule is CN(C)C(=S)Oc1ccccc1CC#N. The second kappa shape index (κ2) is 5.32. The predicted molar refractivity (Wildman–Crippen MR) is 62.7 cm³/mol. The molecule has 0 bridgehead atoms. The van der Waals surface area contributed by atoms with Gasteiger partial charge in [-0.05, 0) is 18.3 Å². The van der Waals surface area contributed by atoms with E-state index in [0.29, 0.717) is 17.3 Å². The maximum absolute atomic E-state index is 8.64. The van der Waals surface area contributed by atoms with Crippen LogP contribution in [-0.4, -0.2) is 24.2 Å². The fourth-order valence-electron chi connectivity index (χ4n) is 1.02. The van der Waals surface area contributed by atoms with E-state index >= 15 is 0 Å². The van der Waals surface area contributed by atoms with E-state index in [4.69, 9.17) is 22.2 Å². The van der Waals surface area contributed by atoms with Crippen LogP contribution in [0, 0.1) is 11.3 Å². The third-order valence-electron chi connectivity index (χ3n) is 1.80. The van der Waals surface area contributed by atoms with Gasteiger partial charge in [0.05, 0.1) is 12.5 Å². The number of hydrogen-bond donors (Lipinski definition) is 0. The molecule has 4 heteroatoms. The lowest BCUT2D eigenvalue weighted by molar-refractivity contribution is 0.446. The normalized spacial score (nSPS) is 9.13. The first-order valence-corrected chi connectivity index (χ1v) is 4.90. The van der Waals surface area contributed by atoms with Crippen molar-refractivity contribution in [2.75, 3.05) is 14.1 Å². The van der Waals surface area contributed by atoms with Crippen LogP contribution in [0.4, 0.5) is 0 Å². The Morgan fingerprint density at radius 1 is 1.47 bits per heavy atom. The Bertz CT molecular complexity index is 396. The standard InChI is InChI=1S/C11H12N2OS/c1-13(2)11(15)14-10-6-4-3-5-9(10)7-8-12/h3-6H,7H2,1-2H3. The highest BCUT2D eigenvalue weighted by Crippen LogP contribution is 2.18. The molecule has 0 aromatic heterocycles. The van der Waals surface area contributed by atoms with E-state index in [1.165, 1.54) is 0 Å². The monoisotopic (exact) mass is 220 g/mol. The molecule has 0 fully saturated rings. The van der Waals surface area contributed by atoms with Crippen molar-refractivity contribution in [2.24, 2.45) is 0 Å². The zero-order valence-corrected chi connectivity index (χ0v) is 9.54. The summed E-state index contributed by atoms with van der Waals surface area (Å²) in [6.45, 7) is 0. The lowest BCUT2D eigenvalue weighted by Gasteiger charge is -2.15. The molecule has 1 rings (SSSR count). The maximum Gasteiger partial charge on any atom is 0.264 e. The molecule has 0 spiro atoms. The van der Waals surface area contributed by atoms with Gasteiger partial charge in [-0.2, -0.15) is 5.26 Å². The van der Waals surface area contributed by atoms with E-state index in [-0.39, 0.29) is 0 Å².